The third kappa shape index (κ3) is 2.57. The van der Waals surface area contributed by atoms with E-state index in [9.17, 15) is 13.2 Å². The molecule has 0 aliphatic heterocycles. The average molecular weight is 286 g/mol. The van der Waals surface area contributed by atoms with Crippen molar-refractivity contribution in [2.75, 3.05) is 4.72 Å². The molecule has 19 heavy (non-hydrogen) atoms. The first-order valence-electron chi connectivity index (χ1n) is 5.02. The fourth-order valence-corrected chi connectivity index (χ4v) is 2.40. The Kier molecular flexibility index (Phi) is 3.02. The fourth-order valence-electron chi connectivity index (χ4n) is 1.41. The number of aryl methyl sites for hydroxylation is 2. The van der Waals surface area contributed by atoms with Gasteiger partial charge in [0, 0.05) is 13.2 Å². The van der Waals surface area contributed by atoms with Crippen LogP contribution in [0.4, 0.5) is 6.01 Å². The lowest BCUT2D eigenvalue weighted by molar-refractivity contribution is 0.0686. The van der Waals surface area contributed by atoms with Gasteiger partial charge < -0.3 is 14.2 Å². The summed E-state index contributed by atoms with van der Waals surface area (Å²) in [5.41, 5.74) is -0.151. The summed E-state index contributed by atoms with van der Waals surface area (Å²) in [6.07, 6.45) is 1.18. The van der Waals surface area contributed by atoms with Gasteiger partial charge in [-0.15, -0.1) is 0 Å². The summed E-state index contributed by atoms with van der Waals surface area (Å²) < 4.78 is 31.8. The molecule has 0 spiro atoms. The first-order chi connectivity index (χ1) is 8.79. The van der Waals surface area contributed by atoms with Crippen LogP contribution in [0.1, 0.15) is 16.3 Å². The Bertz CT molecular complexity index is 730. The molecule has 102 valence electrons. The molecule has 10 heteroatoms. The Morgan fingerprint density at radius 3 is 2.68 bits per heavy atom. The molecule has 0 fully saturated rings. The molecular formula is C9H10N4O5S. The molecule has 0 amide bonds. The third-order valence-corrected chi connectivity index (χ3v) is 3.55. The second kappa shape index (κ2) is 4.39. The Balaban J connectivity index is 2.34. The van der Waals surface area contributed by atoms with Crippen LogP contribution in [0.3, 0.4) is 0 Å². The van der Waals surface area contributed by atoms with Crippen LogP contribution in [0, 0.1) is 6.92 Å². The van der Waals surface area contributed by atoms with Crippen molar-refractivity contribution in [1.82, 2.24) is 14.7 Å². The molecule has 0 aromatic carbocycles. The maximum Gasteiger partial charge on any atom is 0.352 e. The van der Waals surface area contributed by atoms with E-state index in [1.165, 1.54) is 24.7 Å². The van der Waals surface area contributed by atoms with Crippen molar-refractivity contribution in [1.29, 1.82) is 0 Å². The topological polar surface area (TPSA) is 127 Å². The summed E-state index contributed by atoms with van der Waals surface area (Å²) in [4.78, 5) is 14.3. The number of aromatic nitrogens is 3. The summed E-state index contributed by atoms with van der Waals surface area (Å²) in [6.45, 7) is 1.53. The highest BCUT2D eigenvalue weighted by atomic mass is 32.2. The Morgan fingerprint density at radius 2 is 2.21 bits per heavy atom. The maximum absolute atomic E-state index is 12.0. The van der Waals surface area contributed by atoms with Crippen LogP contribution >= 0.6 is 0 Å². The van der Waals surface area contributed by atoms with Crippen molar-refractivity contribution in [3.8, 4) is 0 Å². The normalized spacial score (nSPS) is 11.5. The van der Waals surface area contributed by atoms with Crippen molar-refractivity contribution >= 4 is 22.0 Å². The van der Waals surface area contributed by atoms with Gasteiger partial charge in [-0.2, -0.15) is 4.98 Å². The number of anilines is 1. The molecule has 0 atom stereocenters. The predicted octanol–water partition coefficient (Wildman–Crippen LogP) is 0.216. The molecule has 9 nitrogen and oxygen atoms in total. The molecule has 0 radical (unpaired) electrons. The van der Waals surface area contributed by atoms with Gasteiger partial charge in [0.25, 0.3) is 10.0 Å². The standard InChI is InChI=1S/C9H10N4O5S/c1-5-10-9(18-11-5)12-19(16,17)6-3-7(8(14)15)13(2)4-6/h3-4H,1-2H3,(H,14,15)(H,10,11,12). The molecule has 0 saturated heterocycles. The van der Waals surface area contributed by atoms with Crippen molar-refractivity contribution < 1.29 is 22.8 Å². The SMILES string of the molecule is Cc1noc(NS(=O)(=O)c2cc(C(=O)O)n(C)c2)n1. The molecule has 0 aliphatic carbocycles. The van der Waals surface area contributed by atoms with Crippen LogP contribution < -0.4 is 4.72 Å². The second-order valence-electron chi connectivity index (χ2n) is 3.73. The number of carboxylic acid groups (broad SMARTS) is 1. The molecule has 2 heterocycles. The molecule has 0 unspecified atom stereocenters. The number of carboxylic acids is 1. The zero-order valence-corrected chi connectivity index (χ0v) is 10.8. The predicted molar refractivity (Wildman–Crippen MR) is 62.2 cm³/mol. The molecule has 2 aromatic rings. The van der Waals surface area contributed by atoms with Gasteiger partial charge in [0.15, 0.2) is 5.82 Å². The molecular weight excluding hydrogens is 276 g/mol. The van der Waals surface area contributed by atoms with Crippen molar-refractivity contribution in [2.24, 2.45) is 7.05 Å². The van der Waals surface area contributed by atoms with Gasteiger partial charge >= 0.3 is 12.0 Å². The number of sulfonamides is 1. The maximum atomic E-state index is 12.0. The van der Waals surface area contributed by atoms with E-state index in [2.05, 4.69) is 19.4 Å². The minimum absolute atomic E-state index is 0.151. The molecule has 0 aliphatic rings. The molecule has 2 rings (SSSR count). The second-order valence-corrected chi connectivity index (χ2v) is 5.41. The molecule has 2 aromatic heterocycles. The summed E-state index contributed by atoms with van der Waals surface area (Å²) >= 11 is 0. The van der Waals surface area contributed by atoms with Gasteiger partial charge in [-0.3, -0.25) is 0 Å². The number of hydrogen-bond acceptors (Lipinski definition) is 6. The highest BCUT2D eigenvalue weighted by molar-refractivity contribution is 7.92. The number of carbonyl (C=O) groups is 1. The van der Waals surface area contributed by atoms with Crippen LogP contribution in [-0.2, 0) is 17.1 Å². The van der Waals surface area contributed by atoms with E-state index in [-0.39, 0.29) is 22.4 Å². The van der Waals surface area contributed by atoms with Gasteiger partial charge in [0.1, 0.15) is 10.6 Å². The number of rotatable bonds is 4. The molecule has 0 saturated carbocycles. The van der Waals surface area contributed by atoms with Crippen molar-refractivity contribution in [2.45, 2.75) is 11.8 Å². The van der Waals surface area contributed by atoms with Crippen LogP contribution in [0.15, 0.2) is 21.7 Å². The van der Waals surface area contributed by atoms with Gasteiger partial charge in [0.05, 0.1) is 0 Å². The minimum Gasteiger partial charge on any atom is -0.477 e. The largest absolute Gasteiger partial charge is 0.477 e. The zero-order valence-electron chi connectivity index (χ0n) is 9.98. The van der Waals surface area contributed by atoms with Crippen LogP contribution in [0.2, 0.25) is 0 Å². The first-order valence-corrected chi connectivity index (χ1v) is 6.51. The number of nitrogens with zero attached hydrogens (tertiary/aromatic N) is 3. The lowest BCUT2D eigenvalue weighted by atomic mass is 10.4. The van der Waals surface area contributed by atoms with Crippen molar-refractivity contribution in [3.63, 3.8) is 0 Å². The van der Waals surface area contributed by atoms with E-state index in [1.54, 1.807) is 0 Å². The number of aromatic carboxylic acids is 1. The van der Waals surface area contributed by atoms with Crippen LogP contribution in [0.25, 0.3) is 0 Å². The number of hydrogen-bond donors (Lipinski definition) is 2. The molecule has 0 bridgehead atoms. The average Bonchev–Trinajstić information content (AvgIpc) is 2.84. The van der Waals surface area contributed by atoms with Gasteiger partial charge in [-0.1, -0.05) is 5.16 Å². The van der Waals surface area contributed by atoms with Gasteiger partial charge in [0.2, 0.25) is 0 Å². The first kappa shape index (κ1) is 13.1. The Hall–Kier alpha value is -2.36. The van der Waals surface area contributed by atoms with E-state index < -0.39 is 16.0 Å². The summed E-state index contributed by atoms with van der Waals surface area (Å²) in [5.74, 6) is -0.949. The van der Waals surface area contributed by atoms with E-state index in [0.29, 0.717) is 0 Å². The lowest BCUT2D eigenvalue weighted by Gasteiger charge is -1.99. The van der Waals surface area contributed by atoms with E-state index in [1.807, 2.05) is 0 Å². The van der Waals surface area contributed by atoms with Gasteiger partial charge in [-0.05, 0) is 13.0 Å². The van der Waals surface area contributed by atoms with E-state index in [0.717, 1.165) is 6.07 Å². The smallest absolute Gasteiger partial charge is 0.352 e. The van der Waals surface area contributed by atoms with E-state index >= 15 is 0 Å². The summed E-state index contributed by atoms with van der Waals surface area (Å²) in [5, 5.41) is 12.3. The van der Waals surface area contributed by atoms with Crippen molar-refractivity contribution in [3.05, 3.63) is 23.8 Å². The highest BCUT2D eigenvalue weighted by Crippen LogP contribution is 2.17. The molecule has 2 N–H and O–H groups in total. The summed E-state index contributed by atoms with van der Waals surface area (Å²) in [6, 6.07) is 0.756. The van der Waals surface area contributed by atoms with Gasteiger partial charge in [-0.25, -0.2) is 17.9 Å². The van der Waals surface area contributed by atoms with Crippen LogP contribution in [0.5, 0.6) is 0 Å². The monoisotopic (exact) mass is 286 g/mol. The highest BCUT2D eigenvalue weighted by Gasteiger charge is 2.22. The van der Waals surface area contributed by atoms with Crippen LogP contribution in [-0.4, -0.2) is 34.2 Å². The fraction of sp³-hybridized carbons (Fsp3) is 0.222. The Morgan fingerprint density at radius 1 is 1.53 bits per heavy atom. The zero-order chi connectivity index (χ0) is 14.2. The quantitative estimate of drug-likeness (QED) is 0.822. The number of nitrogens with one attached hydrogen (secondary N) is 1. The van der Waals surface area contributed by atoms with E-state index in [4.69, 9.17) is 5.11 Å². The lowest BCUT2D eigenvalue weighted by Crippen LogP contribution is -2.12. The third-order valence-electron chi connectivity index (χ3n) is 2.26. The summed E-state index contributed by atoms with van der Waals surface area (Å²) in [7, 11) is -2.54. The minimum atomic E-state index is -3.97. The Labute approximate surface area is 107 Å².